The summed E-state index contributed by atoms with van der Waals surface area (Å²) in [6, 6.07) is 3.71. The minimum atomic E-state index is -0.206. The number of nitrogens with zero attached hydrogens (tertiary/aromatic N) is 4. The van der Waals surface area contributed by atoms with Crippen LogP contribution in [0.3, 0.4) is 0 Å². The van der Waals surface area contributed by atoms with Crippen molar-refractivity contribution in [2.45, 2.75) is 66.7 Å². The molecule has 1 amide bonds. The molecule has 1 aliphatic rings. The summed E-state index contributed by atoms with van der Waals surface area (Å²) in [7, 11) is 3.52. The lowest BCUT2D eigenvalue weighted by molar-refractivity contribution is 0.0962. The third-order valence-electron chi connectivity index (χ3n) is 6.35. The van der Waals surface area contributed by atoms with Gasteiger partial charge in [0.25, 0.3) is 5.91 Å². The number of allylic oxidation sites excluding steroid dienone is 1. The van der Waals surface area contributed by atoms with Crippen LogP contribution in [0.25, 0.3) is 16.8 Å². The number of amides is 1. The maximum atomic E-state index is 12.0. The highest BCUT2D eigenvalue weighted by molar-refractivity contribution is 6.09. The van der Waals surface area contributed by atoms with E-state index >= 15 is 0 Å². The van der Waals surface area contributed by atoms with Crippen LogP contribution in [0.2, 0.25) is 0 Å². The molecule has 5 N–H and O–H groups in total. The second-order valence-corrected chi connectivity index (χ2v) is 9.41. The Hall–Kier alpha value is -4.36. The zero-order valence-electron chi connectivity index (χ0n) is 24.9. The molecule has 1 aliphatic heterocycles. The van der Waals surface area contributed by atoms with Gasteiger partial charge in [0.05, 0.1) is 45.6 Å². The fourth-order valence-corrected chi connectivity index (χ4v) is 3.81. The first-order valence-electron chi connectivity index (χ1n) is 13.9. The van der Waals surface area contributed by atoms with Gasteiger partial charge < -0.3 is 26.7 Å². The molecule has 3 aromatic heterocycles. The van der Waals surface area contributed by atoms with Crippen LogP contribution < -0.4 is 21.3 Å². The Labute approximate surface area is 238 Å². The summed E-state index contributed by atoms with van der Waals surface area (Å²) < 4.78 is 1.76. The highest BCUT2D eigenvalue weighted by Gasteiger charge is 2.21. The van der Waals surface area contributed by atoms with Gasteiger partial charge in [-0.05, 0) is 19.1 Å². The largest absolute Gasteiger partial charge is 0.404 e. The fourth-order valence-electron chi connectivity index (χ4n) is 3.81. The third-order valence-corrected chi connectivity index (χ3v) is 6.35. The van der Waals surface area contributed by atoms with Gasteiger partial charge in [-0.1, -0.05) is 65.5 Å². The van der Waals surface area contributed by atoms with E-state index in [1.165, 1.54) is 44.5 Å². The Balaban J connectivity index is 0.000000543. The van der Waals surface area contributed by atoms with Crippen molar-refractivity contribution in [3.05, 3.63) is 71.2 Å². The average Bonchev–Trinajstić information content (AvgIpc) is 3.40. The Bertz CT molecular complexity index is 1390. The maximum Gasteiger partial charge on any atom is 0.252 e. The van der Waals surface area contributed by atoms with E-state index < -0.39 is 0 Å². The molecule has 0 fully saturated rings. The maximum absolute atomic E-state index is 12.0. The molecule has 214 valence electrons. The van der Waals surface area contributed by atoms with Crippen LogP contribution >= 0.6 is 0 Å². The van der Waals surface area contributed by atoms with Gasteiger partial charge >= 0.3 is 0 Å². The van der Waals surface area contributed by atoms with Gasteiger partial charge in [-0.25, -0.2) is 4.52 Å². The summed E-state index contributed by atoms with van der Waals surface area (Å²) in [5.74, 6) is -0.206. The summed E-state index contributed by atoms with van der Waals surface area (Å²) >= 11 is 0. The van der Waals surface area contributed by atoms with Crippen molar-refractivity contribution in [2.24, 2.45) is 5.73 Å². The first-order valence-corrected chi connectivity index (χ1v) is 13.9. The SMILES string of the molecule is CCCC.CCCCC.CNC(=O)c1cnc(C)c(NC2=C=CN(C)c3c2cnn2cc(/C(C=N)=C/N)cc32)c1. The van der Waals surface area contributed by atoms with E-state index in [9.17, 15) is 4.79 Å². The van der Waals surface area contributed by atoms with Crippen LogP contribution in [-0.4, -0.2) is 40.8 Å². The molecule has 40 heavy (non-hydrogen) atoms. The predicted octanol–water partition coefficient (Wildman–Crippen LogP) is 6.36. The fraction of sp³-hybridized carbons (Fsp3) is 0.387. The number of carbonyl (C=O) groups is 1. The summed E-state index contributed by atoms with van der Waals surface area (Å²) in [6.45, 7) is 10.7. The predicted molar refractivity (Wildman–Crippen MR) is 168 cm³/mol. The summed E-state index contributed by atoms with van der Waals surface area (Å²) in [4.78, 5) is 18.3. The number of fused-ring (bicyclic) bond motifs is 3. The van der Waals surface area contributed by atoms with Crippen LogP contribution in [0, 0.1) is 12.3 Å². The quantitative estimate of drug-likeness (QED) is 0.193. The Kier molecular flexibility index (Phi) is 12.7. The van der Waals surface area contributed by atoms with Crippen molar-refractivity contribution in [1.29, 1.82) is 5.41 Å². The second-order valence-electron chi connectivity index (χ2n) is 9.41. The summed E-state index contributed by atoms with van der Waals surface area (Å²) in [5.41, 5.74) is 15.6. The normalized spacial score (nSPS) is 11.9. The van der Waals surface area contributed by atoms with Crippen molar-refractivity contribution in [1.82, 2.24) is 19.9 Å². The van der Waals surface area contributed by atoms with Crippen LogP contribution in [0.5, 0.6) is 0 Å². The standard InChI is InChI=1S/C22H22N8O.C5H12.C4H10/c1-13-19(6-14(10-26-13)22(31)25-2)28-18-4-5-29(3)21-17(18)11-27-30-12-15(7-20(21)30)16(8-23)9-24;1-3-5-4-2;1-3-4-2/h5-12,23,28H,24H2,1-3H3,(H,25,31);3-5H2,1-2H3;3-4H2,1-2H3/b16-9+,23-8?;;. The number of carbonyl (C=O) groups excluding carboxylic acids is 1. The smallest absolute Gasteiger partial charge is 0.252 e. The molecular weight excluding hydrogens is 500 g/mol. The van der Waals surface area contributed by atoms with Gasteiger partial charge in [0, 0.05) is 56.2 Å². The van der Waals surface area contributed by atoms with E-state index in [-0.39, 0.29) is 5.91 Å². The number of nitrogens with one attached hydrogen (secondary N) is 3. The molecule has 3 aromatic rings. The first-order chi connectivity index (χ1) is 19.3. The number of anilines is 2. The number of aromatic nitrogens is 3. The van der Waals surface area contributed by atoms with E-state index in [0.717, 1.165) is 28.0 Å². The zero-order chi connectivity index (χ0) is 29.7. The van der Waals surface area contributed by atoms with Gasteiger partial charge in [0.2, 0.25) is 0 Å². The molecule has 0 unspecified atom stereocenters. The van der Waals surface area contributed by atoms with Crippen molar-refractivity contribution in [3.63, 3.8) is 0 Å². The topological polar surface area (TPSA) is 124 Å². The van der Waals surface area contributed by atoms with Crippen molar-refractivity contribution in [2.75, 3.05) is 24.3 Å². The number of nitrogens with two attached hydrogens (primary N) is 1. The number of unbranched alkanes of at least 4 members (excludes halogenated alkanes) is 3. The highest BCUT2D eigenvalue weighted by atomic mass is 16.1. The molecule has 4 rings (SSSR count). The van der Waals surface area contributed by atoms with E-state index in [1.807, 2.05) is 37.3 Å². The molecule has 0 saturated heterocycles. The highest BCUT2D eigenvalue weighted by Crippen LogP contribution is 2.35. The first kappa shape index (κ1) is 31.9. The minimum Gasteiger partial charge on any atom is -0.404 e. The lowest BCUT2D eigenvalue weighted by Gasteiger charge is -2.24. The van der Waals surface area contributed by atoms with E-state index in [2.05, 4.69) is 54.1 Å². The van der Waals surface area contributed by atoms with E-state index in [0.29, 0.717) is 22.5 Å². The lowest BCUT2D eigenvalue weighted by atomic mass is 10.1. The number of pyridine rings is 1. The number of hydrogen-bond donors (Lipinski definition) is 4. The van der Waals surface area contributed by atoms with Gasteiger partial charge in [0.15, 0.2) is 0 Å². The van der Waals surface area contributed by atoms with Crippen LogP contribution in [0.1, 0.15) is 87.0 Å². The Morgan fingerprint density at radius 3 is 2.35 bits per heavy atom. The number of aryl methyl sites for hydroxylation is 1. The molecule has 0 radical (unpaired) electrons. The second kappa shape index (κ2) is 15.9. The van der Waals surface area contributed by atoms with Crippen LogP contribution in [0.15, 0.2) is 48.9 Å². The summed E-state index contributed by atoms with van der Waals surface area (Å²) in [5, 5.41) is 18.0. The molecule has 4 heterocycles. The zero-order valence-corrected chi connectivity index (χ0v) is 24.9. The van der Waals surface area contributed by atoms with Crippen molar-refractivity contribution >= 4 is 40.3 Å². The minimum absolute atomic E-state index is 0.206. The molecule has 0 saturated carbocycles. The van der Waals surface area contributed by atoms with Crippen molar-refractivity contribution < 1.29 is 4.79 Å². The lowest BCUT2D eigenvalue weighted by Crippen LogP contribution is -2.19. The Morgan fingerprint density at radius 2 is 1.80 bits per heavy atom. The molecule has 0 bridgehead atoms. The number of hydrogen-bond acceptors (Lipinski definition) is 7. The van der Waals surface area contributed by atoms with Gasteiger partial charge in [-0.15, -0.1) is 0 Å². The molecule has 0 spiro atoms. The van der Waals surface area contributed by atoms with Crippen LogP contribution in [0.4, 0.5) is 11.4 Å². The third kappa shape index (κ3) is 7.83. The molecule has 9 nitrogen and oxygen atoms in total. The summed E-state index contributed by atoms with van der Waals surface area (Å²) in [6.07, 6.45) is 16.3. The monoisotopic (exact) mass is 544 g/mol. The van der Waals surface area contributed by atoms with Gasteiger partial charge in [-0.3, -0.25) is 9.78 Å². The van der Waals surface area contributed by atoms with Gasteiger partial charge in [-0.2, -0.15) is 5.10 Å². The molecule has 0 aromatic carbocycles. The molecule has 9 heteroatoms. The van der Waals surface area contributed by atoms with Gasteiger partial charge in [0.1, 0.15) is 0 Å². The average molecular weight is 545 g/mol. The Morgan fingerprint density at radius 1 is 1.10 bits per heavy atom. The molecule has 0 aliphatic carbocycles. The van der Waals surface area contributed by atoms with Crippen molar-refractivity contribution in [3.8, 4) is 0 Å². The molecular formula is C31H44N8O. The molecule has 0 atom stereocenters. The van der Waals surface area contributed by atoms with E-state index in [1.54, 1.807) is 30.0 Å². The van der Waals surface area contributed by atoms with Crippen LogP contribution in [-0.2, 0) is 0 Å². The number of rotatable bonds is 8. The van der Waals surface area contributed by atoms with E-state index in [4.69, 9.17) is 11.1 Å².